The molecule has 0 spiro atoms. The molecule has 11 heteroatoms. The van der Waals surface area contributed by atoms with E-state index in [9.17, 15) is 37.3 Å². The van der Waals surface area contributed by atoms with E-state index in [4.69, 9.17) is 5.11 Å². The summed E-state index contributed by atoms with van der Waals surface area (Å²) >= 11 is 0. The zero-order valence-electron chi connectivity index (χ0n) is 10.6. The van der Waals surface area contributed by atoms with Crippen LogP contribution in [0.5, 0.6) is 0 Å². The van der Waals surface area contributed by atoms with Crippen LogP contribution < -0.4 is 5.32 Å². The molecule has 0 saturated heterocycles. The van der Waals surface area contributed by atoms with E-state index in [-0.39, 0.29) is 0 Å². The number of nitrogens with one attached hydrogen (secondary N) is 1. The van der Waals surface area contributed by atoms with Crippen LogP contribution >= 0.6 is 0 Å². The van der Waals surface area contributed by atoms with Gasteiger partial charge in [-0.25, -0.2) is 4.39 Å². The monoisotopic (exact) mass is 324 g/mol. The lowest BCUT2D eigenvalue weighted by Gasteiger charge is -2.18. The van der Waals surface area contributed by atoms with Crippen LogP contribution in [0, 0.1) is 15.9 Å². The van der Waals surface area contributed by atoms with Crippen molar-refractivity contribution in [3.05, 3.63) is 39.7 Å². The Morgan fingerprint density at radius 3 is 2.41 bits per heavy atom. The van der Waals surface area contributed by atoms with Crippen LogP contribution in [0.2, 0.25) is 0 Å². The number of amides is 1. The largest absolute Gasteiger partial charge is 0.481 e. The third kappa shape index (κ3) is 4.40. The number of benzene rings is 1. The first-order valence-electron chi connectivity index (χ1n) is 5.55. The summed E-state index contributed by atoms with van der Waals surface area (Å²) in [5, 5.41) is 20.5. The second kappa shape index (κ2) is 6.37. The fraction of sp³-hybridized carbons (Fsp3) is 0.273. The SMILES string of the molecule is O=C(O)CC(NC(=O)C(F)(F)F)c1cc([N+](=O)[O-])ccc1F. The Bertz CT molecular complexity index is 617. The average Bonchev–Trinajstić information content (AvgIpc) is 2.36. The minimum absolute atomic E-state index is 0.569. The van der Waals surface area contributed by atoms with E-state index >= 15 is 0 Å². The van der Waals surface area contributed by atoms with Gasteiger partial charge in [-0.05, 0) is 6.07 Å². The molecule has 1 rings (SSSR count). The highest BCUT2D eigenvalue weighted by molar-refractivity contribution is 5.82. The highest BCUT2D eigenvalue weighted by Crippen LogP contribution is 2.26. The number of carboxylic acids is 1. The van der Waals surface area contributed by atoms with Crippen LogP contribution in [0.4, 0.5) is 23.2 Å². The number of alkyl halides is 3. The molecular formula is C11H8F4N2O5. The van der Waals surface area contributed by atoms with E-state index < -0.39 is 52.5 Å². The number of nitro benzene ring substituents is 1. The smallest absolute Gasteiger partial charge is 0.471 e. The zero-order chi connectivity index (χ0) is 17.1. The van der Waals surface area contributed by atoms with Crippen LogP contribution in [0.3, 0.4) is 0 Å². The van der Waals surface area contributed by atoms with Crippen molar-refractivity contribution in [2.75, 3.05) is 0 Å². The summed E-state index contributed by atoms with van der Waals surface area (Å²) in [6.07, 6.45) is -6.39. The molecule has 1 aromatic rings. The van der Waals surface area contributed by atoms with Crippen molar-refractivity contribution in [1.82, 2.24) is 5.32 Å². The molecule has 0 aromatic heterocycles. The summed E-state index contributed by atoms with van der Waals surface area (Å²) in [5.41, 5.74) is -1.39. The summed E-state index contributed by atoms with van der Waals surface area (Å²) in [5.74, 6) is -5.29. The molecule has 1 amide bonds. The number of rotatable bonds is 5. The first kappa shape index (κ1) is 17.3. The highest BCUT2D eigenvalue weighted by Gasteiger charge is 2.40. The van der Waals surface area contributed by atoms with Crippen LogP contribution in [0.25, 0.3) is 0 Å². The molecule has 0 bridgehead atoms. The molecule has 2 N–H and O–H groups in total. The lowest BCUT2D eigenvalue weighted by Crippen LogP contribution is -2.40. The van der Waals surface area contributed by atoms with Crippen molar-refractivity contribution >= 4 is 17.6 Å². The molecule has 120 valence electrons. The number of aliphatic carboxylic acids is 1. The molecule has 0 aliphatic carbocycles. The first-order valence-corrected chi connectivity index (χ1v) is 5.55. The zero-order valence-corrected chi connectivity index (χ0v) is 10.6. The number of non-ortho nitro benzene ring substituents is 1. The van der Waals surface area contributed by atoms with E-state index in [1.54, 1.807) is 0 Å². The van der Waals surface area contributed by atoms with E-state index in [0.29, 0.717) is 12.1 Å². The molecule has 7 nitrogen and oxygen atoms in total. The van der Waals surface area contributed by atoms with Crippen molar-refractivity contribution in [1.29, 1.82) is 0 Å². The van der Waals surface area contributed by atoms with E-state index in [1.165, 1.54) is 5.32 Å². The van der Waals surface area contributed by atoms with E-state index in [2.05, 4.69) is 0 Å². The number of carbonyl (C=O) groups excluding carboxylic acids is 1. The molecular weight excluding hydrogens is 316 g/mol. The molecule has 0 radical (unpaired) electrons. The average molecular weight is 324 g/mol. The standard InChI is InChI=1S/C11H8F4N2O5/c12-7-2-1-5(17(21)22)3-6(7)8(4-9(18)19)16-10(20)11(13,14)15/h1-3,8H,4H2,(H,16,20)(H,18,19). The second-order valence-corrected chi connectivity index (χ2v) is 4.08. The molecule has 0 fully saturated rings. The summed E-state index contributed by atoms with van der Waals surface area (Å²) < 4.78 is 50.3. The van der Waals surface area contributed by atoms with Gasteiger partial charge in [0.15, 0.2) is 0 Å². The second-order valence-electron chi connectivity index (χ2n) is 4.08. The van der Waals surface area contributed by atoms with Gasteiger partial charge in [0.1, 0.15) is 5.82 Å². The fourth-order valence-corrected chi connectivity index (χ4v) is 1.57. The number of hydrogen-bond donors (Lipinski definition) is 2. The van der Waals surface area contributed by atoms with Gasteiger partial charge in [-0.1, -0.05) is 0 Å². The lowest BCUT2D eigenvalue weighted by molar-refractivity contribution is -0.385. The van der Waals surface area contributed by atoms with Crippen molar-refractivity contribution < 1.29 is 37.2 Å². The summed E-state index contributed by atoms with van der Waals surface area (Å²) in [4.78, 5) is 31.2. The Morgan fingerprint density at radius 2 is 1.95 bits per heavy atom. The van der Waals surface area contributed by atoms with Gasteiger partial charge in [0, 0.05) is 17.7 Å². The quantitative estimate of drug-likeness (QED) is 0.488. The normalized spacial score (nSPS) is 12.5. The third-order valence-electron chi connectivity index (χ3n) is 2.51. The Balaban J connectivity index is 3.22. The maximum absolute atomic E-state index is 13.6. The lowest BCUT2D eigenvalue weighted by atomic mass is 10.0. The van der Waals surface area contributed by atoms with Crippen LogP contribution in [-0.4, -0.2) is 28.1 Å². The van der Waals surface area contributed by atoms with E-state index in [1.807, 2.05) is 0 Å². The Kier molecular flexibility index (Phi) is 5.02. The maximum Gasteiger partial charge on any atom is 0.471 e. The predicted molar refractivity (Wildman–Crippen MR) is 62.2 cm³/mol. The van der Waals surface area contributed by atoms with Crippen LogP contribution in [0.15, 0.2) is 18.2 Å². The summed E-state index contributed by atoms with van der Waals surface area (Å²) in [6, 6.07) is 0.00991. The Morgan fingerprint density at radius 1 is 1.36 bits per heavy atom. The molecule has 1 unspecified atom stereocenters. The molecule has 1 atom stereocenters. The molecule has 0 heterocycles. The summed E-state index contributed by atoms with van der Waals surface area (Å²) in [7, 11) is 0. The number of carboxylic acid groups (broad SMARTS) is 1. The fourth-order valence-electron chi connectivity index (χ4n) is 1.57. The van der Waals surface area contributed by atoms with Gasteiger partial charge in [0.25, 0.3) is 5.69 Å². The van der Waals surface area contributed by atoms with Crippen molar-refractivity contribution in [2.24, 2.45) is 0 Å². The number of nitro groups is 1. The predicted octanol–water partition coefficient (Wildman–Crippen LogP) is 1.93. The number of nitrogens with zero attached hydrogens (tertiary/aromatic N) is 1. The van der Waals surface area contributed by atoms with Crippen molar-refractivity contribution in [3.8, 4) is 0 Å². The van der Waals surface area contributed by atoms with Crippen LogP contribution in [-0.2, 0) is 9.59 Å². The van der Waals surface area contributed by atoms with Gasteiger partial charge >= 0.3 is 18.1 Å². The molecule has 0 aliphatic rings. The van der Waals surface area contributed by atoms with E-state index in [0.717, 1.165) is 6.07 Å². The highest BCUT2D eigenvalue weighted by atomic mass is 19.4. The van der Waals surface area contributed by atoms with Gasteiger partial charge in [0.05, 0.1) is 17.4 Å². The van der Waals surface area contributed by atoms with Gasteiger partial charge in [0.2, 0.25) is 0 Å². The molecule has 22 heavy (non-hydrogen) atoms. The molecule has 0 saturated carbocycles. The van der Waals surface area contributed by atoms with Gasteiger partial charge in [-0.15, -0.1) is 0 Å². The topological polar surface area (TPSA) is 110 Å². The van der Waals surface area contributed by atoms with Crippen LogP contribution in [0.1, 0.15) is 18.0 Å². The van der Waals surface area contributed by atoms with Crippen molar-refractivity contribution in [3.63, 3.8) is 0 Å². The number of halogens is 4. The summed E-state index contributed by atoms with van der Waals surface area (Å²) in [6.45, 7) is 0. The number of carbonyl (C=O) groups is 2. The number of hydrogen-bond acceptors (Lipinski definition) is 4. The Hall–Kier alpha value is -2.72. The molecule has 1 aromatic carbocycles. The maximum atomic E-state index is 13.6. The van der Waals surface area contributed by atoms with Crippen molar-refractivity contribution in [2.45, 2.75) is 18.6 Å². The Labute approximate surface area is 119 Å². The first-order chi connectivity index (χ1) is 10.0. The minimum Gasteiger partial charge on any atom is -0.481 e. The molecule has 0 aliphatic heterocycles. The third-order valence-corrected chi connectivity index (χ3v) is 2.51. The van der Waals surface area contributed by atoms with Gasteiger partial charge < -0.3 is 10.4 Å². The minimum atomic E-state index is -5.31. The van der Waals surface area contributed by atoms with Gasteiger partial charge in [-0.3, -0.25) is 19.7 Å². The van der Waals surface area contributed by atoms with Gasteiger partial charge in [-0.2, -0.15) is 13.2 Å².